The summed E-state index contributed by atoms with van der Waals surface area (Å²) in [5, 5.41) is 0. The van der Waals surface area contributed by atoms with Crippen molar-refractivity contribution < 1.29 is 9.53 Å². The van der Waals surface area contributed by atoms with Crippen molar-refractivity contribution in [1.82, 2.24) is 0 Å². The molecule has 0 aliphatic carbocycles. The molecule has 0 aromatic rings. The van der Waals surface area contributed by atoms with E-state index in [1.807, 2.05) is 0 Å². The van der Waals surface area contributed by atoms with E-state index in [2.05, 4.69) is 19.9 Å². The first-order chi connectivity index (χ1) is 6.79. The molecule has 0 saturated carbocycles. The fraction of sp³-hybridized carbons (Fsp3) is 0.750. The second-order valence-electron chi connectivity index (χ2n) is 3.86. The Labute approximate surface area is 86.3 Å². The van der Waals surface area contributed by atoms with Gasteiger partial charge in [0.2, 0.25) is 0 Å². The molecule has 1 heterocycles. The molecule has 0 aromatic heterocycles. The van der Waals surface area contributed by atoms with Crippen LogP contribution >= 0.6 is 0 Å². The zero-order valence-corrected chi connectivity index (χ0v) is 9.21. The topological polar surface area (TPSA) is 26.3 Å². The number of hydrogen-bond donors (Lipinski definition) is 0. The Morgan fingerprint density at radius 2 is 2.00 bits per heavy atom. The Hall–Kier alpha value is -0.790. The smallest absolute Gasteiger partial charge is 0.321 e. The number of unbranched alkanes of at least 4 members (excludes halogenated alkanes) is 3. The summed E-state index contributed by atoms with van der Waals surface area (Å²) in [6.45, 7) is 4.31. The summed E-state index contributed by atoms with van der Waals surface area (Å²) in [6, 6.07) is 0. The molecule has 0 aromatic carbocycles. The molecule has 14 heavy (non-hydrogen) atoms. The van der Waals surface area contributed by atoms with Crippen LogP contribution in [0, 0.1) is 5.92 Å². The lowest BCUT2D eigenvalue weighted by Crippen LogP contribution is -2.32. The van der Waals surface area contributed by atoms with E-state index in [1.165, 1.54) is 12.8 Å². The van der Waals surface area contributed by atoms with Gasteiger partial charge in [0, 0.05) is 0 Å². The molecule has 1 unspecified atom stereocenters. The Kier molecular flexibility index (Phi) is 4.71. The summed E-state index contributed by atoms with van der Waals surface area (Å²) in [5.41, 5.74) is 0. The molecule has 0 amide bonds. The second-order valence-corrected chi connectivity index (χ2v) is 3.86. The predicted molar refractivity (Wildman–Crippen MR) is 56.7 cm³/mol. The minimum Gasteiger partial charge on any atom is -0.430 e. The maximum atomic E-state index is 11.1. The highest BCUT2D eigenvalue weighted by Crippen LogP contribution is 2.31. The third kappa shape index (κ3) is 2.86. The van der Waals surface area contributed by atoms with Crippen LogP contribution in [0.4, 0.5) is 0 Å². The fourth-order valence-corrected chi connectivity index (χ4v) is 1.62. The highest BCUT2D eigenvalue weighted by Gasteiger charge is 2.36. The van der Waals surface area contributed by atoms with Gasteiger partial charge >= 0.3 is 5.97 Å². The van der Waals surface area contributed by atoms with Crippen molar-refractivity contribution in [3.8, 4) is 0 Å². The standard InChI is InChI=1S/C12H20O2/c1-3-5-7-9-11-10(8-6-4-2)12(13)14-11/h9-10H,3-8H2,1-2H3. The highest BCUT2D eigenvalue weighted by atomic mass is 16.6. The Bertz CT molecular complexity index is 218. The van der Waals surface area contributed by atoms with Crippen molar-refractivity contribution in [3.63, 3.8) is 0 Å². The molecular weight excluding hydrogens is 176 g/mol. The molecule has 1 rings (SSSR count). The maximum absolute atomic E-state index is 11.1. The summed E-state index contributed by atoms with van der Waals surface area (Å²) >= 11 is 0. The summed E-state index contributed by atoms with van der Waals surface area (Å²) in [7, 11) is 0. The van der Waals surface area contributed by atoms with E-state index < -0.39 is 0 Å². The third-order valence-electron chi connectivity index (χ3n) is 2.60. The van der Waals surface area contributed by atoms with Crippen molar-refractivity contribution in [2.75, 3.05) is 0 Å². The number of carbonyl (C=O) groups is 1. The highest BCUT2D eigenvalue weighted by molar-refractivity contribution is 5.82. The number of cyclic esters (lactones) is 1. The average molecular weight is 196 g/mol. The van der Waals surface area contributed by atoms with Gasteiger partial charge in [-0.15, -0.1) is 0 Å². The first-order valence-corrected chi connectivity index (χ1v) is 5.71. The van der Waals surface area contributed by atoms with Crippen molar-refractivity contribution in [2.45, 2.75) is 52.4 Å². The third-order valence-corrected chi connectivity index (χ3v) is 2.60. The number of ether oxygens (including phenoxy) is 1. The van der Waals surface area contributed by atoms with Gasteiger partial charge in [-0.1, -0.05) is 33.1 Å². The van der Waals surface area contributed by atoms with Crippen LogP contribution in [-0.2, 0) is 9.53 Å². The van der Waals surface area contributed by atoms with Crippen LogP contribution in [0.5, 0.6) is 0 Å². The first kappa shape index (κ1) is 11.3. The average Bonchev–Trinajstić information content (AvgIpc) is 2.17. The molecule has 1 aliphatic heterocycles. The van der Waals surface area contributed by atoms with Crippen LogP contribution in [0.1, 0.15) is 52.4 Å². The summed E-state index contributed by atoms with van der Waals surface area (Å²) in [6.07, 6.45) is 8.73. The minimum absolute atomic E-state index is 0.0267. The van der Waals surface area contributed by atoms with Gasteiger partial charge in [0.1, 0.15) is 11.7 Å². The predicted octanol–water partition coefficient (Wildman–Crippen LogP) is 3.42. The normalized spacial score (nSPS) is 23.4. The SMILES string of the molecule is CCCCC=C1OC(=O)C1CCCC. The lowest BCUT2D eigenvalue weighted by atomic mass is 9.95. The van der Waals surface area contributed by atoms with E-state index >= 15 is 0 Å². The Morgan fingerprint density at radius 1 is 1.29 bits per heavy atom. The summed E-state index contributed by atoms with van der Waals surface area (Å²) < 4.78 is 5.02. The number of rotatable bonds is 6. The Morgan fingerprint density at radius 3 is 2.57 bits per heavy atom. The molecule has 0 spiro atoms. The van der Waals surface area contributed by atoms with Gasteiger partial charge in [-0.3, -0.25) is 4.79 Å². The molecule has 0 radical (unpaired) electrons. The summed E-state index contributed by atoms with van der Waals surface area (Å²) in [5.74, 6) is 0.991. The number of hydrogen-bond acceptors (Lipinski definition) is 2. The van der Waals surface area contributed by atoms with Gasteiger partial charge in [0.25, 0.3) is 0 Å². The Balaban J connectivity index is 2.31. The van der Waals surface area contributed by atoms with Gasteiger partial charge in [-0.2, -0.15) is 0 Å². The summed E-state index contributed by atoms with van der Waals surface area (Å²) in [4.78, 5) is 11.1. The van der Waals surface area contributed by atoms with E-state index in [1.54, 1.807) is 0 Å². The lowest BCUT2D eigenvalue weighted by Gasteiger charge is -2.27. The van der Waals surface area contributed by atoms with Crippen molar-refractivity contribution in [3.05, 3.63) is 11.8 Å². The van der Waals surface area contributed by atoms with Crippen LogP contribution in [-0.4, -0.2) is 5.97 Å². The quantitative estimate of drug-likeness (QED) is 0.480. The number of allylic oxidation sites excluding steroid dienone is 1. The van der Waals surface area contributed by atoms with Gasteiger partial charge in [0.15, 0.2) is 0 Å². The van der Waals surface area contributed by atoms with E-state index in [-0.39, 0.29) is 11.9 Å². The number of esters is 1. The van der Waals surface area contributed by atoms with E-state index in [4.69, 9.17) is 4.74 Å². The second kappa shape index (κ2) is 5.84. The van der Waals surface area contributed by atoms with Crippen LogP contribution in [0.25, 0.3) is 0 Å². The van der Waals surface area contributed by atoms with Crippen molar-refractivity contribution in [2.24, 2.45) is 5.92 Å². The van der Waals surface area contributed by atoms with Crippen LogP contribution in [0.2, 0.25) is 0 Å². The molecule has 1 aliphatic rings. The van der Waals surface area contributed by atoms with E-state index in [0.717, 1.165) is 31.4 Å². The molecule has 1 saturated heterocycles. The van der Waals surface area contributed by atoms with Crippen LogP contribution in [0.3, 0.4) is 0 Å². The largest absolute Gasteiger partial charge is 0.430 e. The fourth-order valence-electron chi connectivity index (χ4n) is 1.62. The molecule has 2 nitrogen and oxygen atoms in total. The van der Waals surface area contributed by atoms with Gasteiger partial charge in [-0.05, 0) is 25.3 Å². The van der Waals surface area contributed by atoms with Crippen molar-refractivity contribution in [1.29, 1.82) is 0 Å². The minimum atomic E-state index is -0.0267. The molecule has 1 atom stereocenters. The first-order valence-electron chi connectivity index (χ1n) is 5.71. The van der Waals surface area contributed by atoms with E-state index in [0.29, 0.717) is 0 Å². The molecule has 2 heteroatoms. The van der Waals surface area contributed by atoms with Crippen LogP contribution < -0.4 is 0 Å². The van der Waals surface area contributed by atoms with Gasteiger partial charge in [-0.25, -0.2) is 0 Å². The molecule has 0 N–H and O–H groups in total. The lowest BCUT2D eigenvalue weighted by molar-refractivity contribution is -0.157. The monoisotopic (exact) mass is 196 g/mol. The van der Waals surface area contributed by atoms with Gasteiger partial charge < -0.3 is 4.74 Å². The molecular formula is C12H20O2. The van der Waals surface area contributed by atoms with E-state index in [9.17, 15) is 4.79 Å². The maximum Gasteiger partial charge on any atom is 0.321 e. The number of carbonyl (C=O) groups excluding carboxylic acids is 1. The molecule has 80 valence electrons. The van der Waals surface area contributed by atoms with Crippen molar-refractivity contribution >= 4 is 5.97 Å². The van der Waals surface area contributed by atoms with Gasteiger partial charge in [0.05, 0.1) is 0 Å². The molecule has 0 bridgehead atoms. The zero-order chi connectivity index (χ0) is 10.4. The van der Waals surface area contributed by atoms with Crippen LogP contribution in [0.15, 0.2) is 11.8 Å². The zero-order valence-electron chi connectivity index (χ0n) is 9.21. The molecule has 1 fully saturated rings.